The third kappa shape index (κ3) is 3.30. The second-order valence-corrected chi connectivity index (χ2v) is 7.75. The van der Waals surface area contributed by atoms with Crippen molar-refractivity contribution in [2.45, 2.75) is 37.0 Å². The summed E-state index contributed by atoms with van der Waals surface area (Å²) in [6.45, 7) is 0. The van der Waals surface area contributed by atoms with E-state index in [0.717, 1.165) is 12.8 Å². The summed E-state index contributed by atoms with van der Waals surface area (Å²) < 4.78 is 28.6. The molecule has 1 aromatic heterocycles. The molecule has 0 aromatic carbocycles. The van der Waals surface area contributed by atoms with Crippen LogP contribution in [0.5, 0.6) is 5.88 Å². The molecule has 1 saturated carbocycles. The number of ether oxygens (including phenoxy) is 1. The first-order valence-electron chi connectivity index (χ1n) is 6.79. The van der Waals surface area contributed by atoms with Crippen molar-refractivity contribution in [3.05, 3.63) is 23.9 Å². The molecule has 2 rings (SSSR count). The normalized spacial score (nSPS) is 25.1. The number of hydrogen-bond acceptors (Lipinski definition) is 5. The number of sulfone groups is 1. The Balaban J connectivity index is 2.18. The molecule has 1 heterocycles. The summed E-state index contributed by atoms with van der Waals surface area (Å²) in [5, 5.41) is 10.2. The second kappa shape index (κ2) is 6.10. The Morgan fingerprint density at radius 1 is 1.45 bits per heavy atom. The van der Waals surface area contributed by atoms with Gasteiger partial charge in [0.2, 0.25) is 5.88 Å². The van der Waals surface area contributed by atoms with Crippen LogP contribution in [0, 0.1) is 5.92 Å². The minimum Gasteiger partial charge on any atom is -0.481 e. The average molecular weight is 299 g/mol. The van der Waals surface area contributed by atoms with E-state index < -0.39 is 15.9 Å². The number of rotatable bonds is 4. The maximum absolute atomic E-state index is 11.7. The van der Waals surface area contributed by atoms with E-state index in [0.29, 0.717) is 24.3 Å². The van der Waals surface area contributed by atoms with Gasteiger partial charge in [0.1, 0.15) is 9.84 Å². The lowest BCUT2D eigenvalue weighted by Gasteiger charge is -2.31. The van der Waals surface area contributed by atoms with Gasteiger partial charge in [-0.3, -0.25) is 0 Å². The molecule has 6 heteroatoms. The monoisotopic (exact) mass is 299 g/mol. The van der Waals surface area contributed by atoms with Crippen LogP contribution in [0.1, 0.15) is 37.4 Å². The van der Waals surface area contributed by atoms with Gasteiger partial charge in [-0.1, -0.05) is 6.42 Å². The largest absolute Gasteiger partial charge is 0.481 e. The molecule has 3 atom stereocenters. The van der Waals surface area contributed by atoms with Gasteiger partial charge in [-0.15, -0.1) is 0 Å². The SMILES string of the molecule is COc1ncccc1C(O)C1CCCC(S(C)(=O)=O)C1. The first-order valence-corrected chi connectivity index (χ1v) is 8.74. The first-order chi connectivity index (χ1) is 9.43. The fraction of sp³-hybridized carbons (Fsp3) is 0.643. The molecule has 5 nitrogen and oxygen atoms in total. The third-order valence-corrected chi connectivity index (χ3v) is 5.67. The molecule has 0 spiro atoms. The summed E-state index contributed by atoms with van der Waals surface area (Å²) in [7, 11) is -1.54. The van der Waals surface area contributed by atoms with Gasteiger partial charge in [-0.2, -0.15) is 0 Å². The van der Waals surface area contributed by atoms with E-state index in [9.17, 15) is 13.5 Å². The third-order valence-electron chi connectivity index (χ3n) is 4.03. The molecule has 112 valence electrons. The minimum absolute atomic E-state index is 0.0680. The van der Waals surface area contributed by atoms with E-state index in [2.05, 4.69) is 4.98 Å². The molecule has 1 aromatic rings. The second-order valence-electron chi connectivity index (χ2n) is 5.42. The summed E-state index contributed by atoms with van der Waals surface area (Å²) in [6.07, 6.45) is 4.98. The van der Waals surface area contributed by atoms with Crippen LogP contribution >= 0.6 is 0 Å². The van der Waals surface area contributed by atoms with Crippen molar-refractivity contribution in [2.24, 2.45) is 5.92 Å². The Morgan fingerprint density at radius 2 is 2.20 bits per heavy atom. The molecule has 0 aliphatic heterocycles. The van der Waals surface area contributed by atoms with E-state index in [1.165, 1.54) is 13.4 Å². The van der Waals surface area contributed by atoms with Gasteiger partial charge >= 0.3 is 0 Å². The summed E-state index contributed by atoms with van der Waals surface area (Å²) in [5.41, 5.74) is 0.633. The molecular weight excluding hydrogens is 278 g/mol. The van der Waals surface area contributed by atoms with Gasteiger partial charge in [0.15, 0.2) is 0 Å². The average Bonchev–Trinajstić information content (AvgIpc) is 2.45. The standard InChI is InChI=1S/C14H21NO4S/c1-19-14-12(7-4-8-15-14)13(16)10-5-3-6-11(9-10)20(2,17)18/h4,7-8,10-11,13,16H,3,5-6,9H2,1-2H3. The van der Waals surface area contributed by atoms with Crippen LogP contribution in [-0.2, 0) is 9.84 Å². The highest BCUT2D eigenvalue weighted by molar-refractivity contribution is 7.91. The maximum Gasteiger partial charge on any atom is 0.218 e. The van der Waals surface area contributed by atoms with Crippen LogP contribution in [0.15, 0.2) is 18.3 Å². The lowest BCUT2D eigenvalue weighted by atomic mass is 9.82. The van der Waals surface area contributed by atoms with Crippen LogP contribution < -0.4 is 4.74 Å². The molecule has 3 unspecified atom stereocenters. The van der Waals surface area contributed by atoms with Crippen molar-refractivity contribution in [2.75, 3.05) is 13.4 Å². The fourth-order valence-corrected chi connectivity index (χ4v) is 4.10. The maximum atomic E-state index is 11.7. The number of aliphatic hydroxyl groups is 1. The molecule has 20 heavy (non-hydrogen) atoms. The Hall–Kier alpha value is -1.14. The van der Waals surface area contributed by atoms with E-state index in [4.69, 9.17) is 4.74 Å². The first kappa shape index (κ1) is 15.3. The summed E-state index contributed by atoms with van der Waals surface area (Å²) in [5.74, 6) is 0.336. The quantitative estimate of drug-likeness (QED) is 0.916. The van der Waals surface area contributed by atoms with E-state index in [1.54, 1.807) is 18.3 Å². The number of methoxy groups -OCH3 is 1. The zero-order valence-electron chi connectivity index (χ0n) is 11.8. The van der Waals surface area contributed by atoms with Gasteiger partial charge in [-0.25, -0.2) is 13.4 Å². The molecule has 1 aliphatic carbocycles. The van der Waals surface area contributed by atoms with Crippen molar-refractivity contribution < 1.29 is 18.3 Å². The lowest BCUT2D eigenvalue weighted by Crippen LogP contribution is -2.30. The Kier molecular flexibility index (Phi) is 4.65. The Morgan fingerprint density at radius 3 is 2.85 bits per heavy atom. The molecule has 0 radical (unpaired) electrons. The summed E-state index contributed by atoms with van der Waals surface area (Å²) in [4.78, 5) is 4.08. The predicted molar refractivity (Wildman–Crippen MR) is 76.3 cm³/mol. The molecule has 1 aliphatic rings. The molecule has 0 amide bonds. The Bertz CT molecular complexity index is 558. The van der Waals surface area contributed by atoms with Crippen LogP contribution in [0.3, 0.4) is 0 Å². The van der Waals surface area contributed by atoms with Crippen molar-refractivity contribution in [3.63, 3.8) is 0 Å². The van der Waals surface area contributed by atoms with E-state index in [1.807, 2.05) is 0 Å². The lowest BCUT2D eigenvalue weighted by molar-refractivity contribution is 0.0827. The molecule has 0 bridgehead atoms. The smallest absolute Gasteiger partial charge is 0.218 e. The van der Waals surface area contributed by atoms with Crippen LogP contribution in [0.4, 0.5) is 0 Å². The fourth-order valence-electron chi connectivity index (χ4n) is 2.91. The topological polar surface area (TPSA) is 76.5 Å². The van der Waals surface area contributed by atoms with Crippen molar-refractivity contribution in [3.8, 4) is 5.88 Å². The molecule has 0 saturated heterocycles. The van der Waals surface area contributed by atoms with E-state index >= 15 is 0 Å². The van der Waals surface area contributed by atoms with Crippen molar-refractivity contribution >= 4 is 9.84 Å². The number of pyridine rings is 1. The van der Waals surface area contributed by atoms with Gasteiger partial charge in [-0.05, 0) is 37.3 Å². The Labute approximate surface area is 119 Å². The van der Waals surface area contributed by atoms with Gasteiger partial charge < -0.3 is 9.84 Å². The number of aromatic nitrogens is 1. The van der Waals surface area contributed by atoms with Gasteiger partial charge in [0, 0.05) is 18.0 Å². The minimum atomic E-state index is -3.05. The van der Waals surface area contributed by atoms with Crippen LogP contribution in [0.2, 0.25) is 0 Å². The molecular formula is C14H21NO4S. The highest BCUT2D eigenvalue weighted by Gasteiger charge is 2.34. The van der Waals surface area contributed by atoms with Gasteiger partial charge in [0.25, 0.3) is 0 Å². The number of nitrogens with zero attached hydrogens (tertiary/aromatic N) is 1. The highest BCUT2D eigenvalue weighted by Crippen LogP contribution is 2.38. The zero-order chi connectivity index (χ0) is 14.8. The zero-order valence-corrected chi connectivity index (χ0v) is 12.6. The molecule has 1 N–H and O–H groups in total. The predicted octanol–water partition coefficient (Wildman–Crippen LogP) is 1.73. The van der Waals surface area contributed by atoms with Gasteiger partial charge in [0.05, 0.1) is 18.5 Å². The van der Waals surface area contributed by atoms with Crippen LogP contribution in [0.25, 0.3) is 0 Å². The van der Waals surface area contributed by atoms with Crippen molar-refractivity contribution in [1.82, 2.24) is 4.98 Å². The molecule has 1 fully saturated rings. The summed E-state index contributed by atoms with van der Waals surface area (Å²) in [6, 6.07) is 3.53. The van der Waals surface area contributed by atoms with E-state index in [-0.39, 0.29) is 11.2 Å². The number of aliphatic hydroxyl groups excluding tert-OH is 1. The van der Waals surface area contributed by atoms with Crippen molar-refractivity contribution in [1.29, 1.82) is 0 Å². The number of hydrogen-bond donors (Lipinski definition) is 1. The van der Waals surface area contributed by atoms with Crippen LogP contribution in [-0.4, -0.2) is 37.1 Å². The highest BCUT2D eigenvalue weighted by atomic mass is 32.2. The summed E-state index contributed by atoms with van der Waals surface area (Å²) >= 11 is 0.